The average molecular weight is 254 g/mol. The van der Waals surface area contributed by atoms with Crippen LogP contribution >= 0.6 is 0 Å². The standard InChI is InChI=1S/C12H22N4O2/c1-15(6-3-2-4-8-17)12(18)11-9-16(7-5-13)10-14-11/h9-10,17H,2-8,13H2,1H3. The summed E-state index contributed by atoms with van der Waals surface area (Å²) in [5.41, 5.74) is 5.89. The molecule has 0 aliphatic rings. The van der Waals surface area contributed by atoms with Gasteiger partial charge in [0.05, 0.1) is 6.33 Å². The first-order chi connectivity index (χ1) is 8.69. The van der Waals surface area contributed by atoms with E-state index in [9.17, 15) is 4.79 Å². The first kappa shape index (κ1) is 14.7. The summed E-state index contributed by atoms with van der Waals surface area (Å²) in [4.78, 5) is 17.7. The Balaban J connectivity index is 2.41. The van der Waals surface area contributed by atoms with E-state index in [-0.39, 0.29) is 12.5 Å². The second-order valence-corrected chi connectivity index (χ2v) is 4.30. The van der Waals surface area contributed by atoms with Crippen molar-refractivity contribution in [3.05, 3.63) is 18.2 Å². The van der Waals surface area contributed by atoms with Crippen molar-refractivity contribution < 1.29 is 9.90 Å². The molecular weight excluding hydrogens is 232 g/mol. The van der Waals surface area contributed by atoms with Crippen LogP contribution in [-0.2, 0) is 6.54 Å². The van der Waals surface area contributed by atoms with Crippen LogP contribution in [0.25, 0.3) is 0 Å². The zero-order chi connectivity index (χ0) is 13.4. The summed E-state index contributed by atoms with van der Waals surface area (Å²) < 4.78 is 1.81. The minimum Gasteiger partial charge on any atom is -0.396 e. The third kappa shape index (κ3) is 4.46. The summed E-state index contributed by atoms with van der Waals surface area (Å²) in [5.74, 6) is -0.0743. The monoisotopic (exact) mass is 254 g/mol. The summed E-state index contributed by atoms with van der Waals surface area (Å²) in [7, 11) is 1.77. The van der Waals surface area contributed by atoms with Gasteiger partial charge >= 0.3 is 0 Å². The van der Waals surface area contributed by atoms with Gasteiger partial charge in [0.2, 0.25) is 0 Å². The Morgan fingerprint density at radius 3 is 2.94 bits per heavy atom. The fraction of sp³-hybridized carbons (Fsp3) is 0.667. The van der Waals surface area contributed by atoms with E-state index in [4.69, 9.17) is 10.8 Å². The van der Waals surface area contributed by atoms with Crippen LogP contribution in [-0.4, -0.2) is 52.2 Å². The van der Waals surface area contributed by atoms with Crippen molar-refractivity contribution >= 4 is 5.91 Å². The molecule has 0 bridgehead atoms. The molecule has 0 saturated heterocycles. The van der Waals surface area contributed by atoms with Gasteiger partial charge in [-0.05, 0) is 19.3 Å². The molecule has 0 spiro atoms. The van der Waals surface area contributed by atoms with E-state index in [1.807, 2.05) is 4.57 Å². The molecule has 0 aromatic carbocycles. The predicted octanol–water partition coefficient (Wildman–Crippen LogP) is 0.0764. The molecule has 18 heavy (non-hydrogen) atoms. The van der Waals surface area contributed by atoms with Gasteiger partial charge in [0.15, 0.2) is 0 Å². The molecule has 0 fully saturated rings. The molecule has 1 aromatic heterocycles. The fourth-order valence-electron chi connectivity index (χ4n) is 1.68. The molecule has 0 aliphatic carbocycles. The minimum atomic E-state index is -0.0743. The Labute approximate surface area is 107 Å². The van der Waals surface area contributed by atoms with Crippen LogP contribution in [0.15, 0.2) is 12.5 Å². The number of imidazole rings is 1. The number of aliphatic hydroxyl groups excluding tert-OH is 1. The maximum Gasteiger partial charge on any atom is 0.273 e. The zero-order valence-corrected chi connectivity index (χ0v) is 10.9. The number of amides is 1. The summed E-state index contributed by atoms with van der Waals surface area (Å²) >= 11 is 0. The van der Waals surface area contributed by atoms with Crippen molar-refractivity contribution in [2.45, 2.75) is 25.8 Å². The quantitative estimate of drug-likeness (QED) is 0.643. The third-order valence-electron chi connectivity index (χ3n) is 2.74. The Bertz CT molecular complexity index is 365. The molecule has 102 valence electrons. The van der Waals surface area contributed by atoms with Crippen molar-refractivity contribution in [3.8, 4) is 0 Å². The lowest BCUT2D eigenvalue weighted by atomic mass is 10.2. The van der Waals surface area contributed by atoms with Gasteiger partial charge in [-0.3, -0.25) is 4.79 Å². The van der Waals surface area contributed by atoms with Crippen molar-refractivity contribution in [3.63, 3.8) is 0 Å². The Hall–Kier alpha value is -1.40. The Morgan fingerprint density at radius 2 is 2.28 bits per heavy atom. The number of hydrogen-bond acceptors (Lipinski definition) is 4. The van der Waals surface area contributed by atoms with Crippen LogP contribution in [0.2, 0.25) is 0 Å². The van der Waals surface area contributed by atoms with Gasteiger partial charge < -0.3 is 20.3 Å². The summed E-state index contributed by atoms with van der Waals surface area (Å²) in [5, 5.41) is 8.67. The highest BCUT2D eigenvalue weighted by Crippen LogP contribution is 2.03. The van der Waals surface area contributed by atoms with Crippen molar-refractivity contribution in [1.29, 1.82) is 0 Å². The molecule has 6 heteroatoms. The number of carbonyl (C=O) groups is 1. The van der Waals surface area contributed by atoms with Crippen molar-refractivity contribution in [1.82, 2.24) is 14.5 Å². The molecule has 0 atom stereocenters. The van der Waals surface area contributed by atoms with Crippen molar-refractivity contribution in [2.24, 2.45) is 5.73 Å². The van der Waals surface area contributed by atoms with Crippen molar-refractivity contribution in [2.75, 3.05) is 26.7 Å². The van der Waals surface area contributed by atoms with E-state index in [1.54, 1.807) is 24.5 Å². The zero-order valence-electron chi connectivity index (χ0n) is 10.9. The SMILES string of the molecule is CN(CCCCCO)C(=O)c1cn(CCN)cn1. The smallest absolute Gasteiger partial charge is 0.273 e. The van der Waals surface area contributed by atoms with Crippen LogP contribution in [0.4, 0.5) is 0 Å². The highest BCUT2D eigenvalue weighted by molar-refractivity contribution is 5.91. The summed E-state index contributed by atoms with van der Waals surface area (Å²) in [6, 6.07) is 0. The molecule has 0 aliphatic heterocycles. The normalized spacial score (nSPS) is 10.6. The van der Waals surface area contributed by atoms with Gasteiger partial charge in [0.1, 0.15) is 5.69 Å². The number of nitrogens with zero attached hydrogens (tertiary/aromatic N) is 3. The number of unbranched alkanes of at least 4 members (excludes halogenated alkanes) is 2. The van der Waals surface area contributed by atoms with E-state index in [0.717, 1.165) is 19.3 Å². The molecule has 0 saturated carbocycles. The van der Waals surface area contributed by atoms with Gasteiger partial charge in [-0.2, -0.15) is 0 Å². The van der Waals surface area contributed by atoms with E-state index in [2.05, 4.69) is 4.98 Å². The summed E-state index contributed by atoms with van der Waals surface area (Å²) in [6.07, 6.45) is 5.95. The van der Waals surface area contributed by atoms with Crippen LogP contribution in [0, 0.1) is 0 Å². The lowest BCUT2D eigenvalue weighted by Crippen LogP contribution is -2.28. The van der Waals surface area contributed by atoms with Gasteiger partial charge in [-0.1, -0.05) is 0 Å². The molecule has 1 heterocycles. The molecule has 3 N–H and O–H groups in total. The van der Waals surface area contributed by atoms with E-state index < -0.39 is 0 Å². The van der Waals surface area contributed by atoms with Crippen LogP contribution < -0.4 is 5.73 Å². The maximum absolute atomic E-state index is 12.0. The van der Waals surface area contributed by atoms with E-state index >= 15 is 0 Å². The van der Waals surface area contributed by atoms with Gasteiger partial charge in [0, 0.05) is 39.5 Å². The van der Waals surface area contributed by atoms with E-state index in [1.165, 1.54) is 0 Å². The molecule has 0 unspecified atom stereocenters. The van der Waals surface area contributed by atoms with Gasteiger partial charge in [0.25, 0.3) is 5.91 Å². The number of nitrogens with two attached hydrogens (primary N) is 1. The minimum absolute atomic E-state index is 0.0743. The Kier molecular flexibility index (Phi) is 6.38. The average Bonchev–Trinajstić information content (AvgIpc) is 2.82. The molecule has 1 amide bonds. The van der Waals surface area contributed by atoms with Gasteiger partial charge in [-0.15, -0.1) is 0 Å². The summed E-state index contributed by atoms with van der Waals surface area (Å²) in [6.45, 7) is 2.09. The molecule has 0 radical (unpaired) electrons. The predicted molar refractivity (Wildman–Crippen MR) is 69.2 cm³/mol. The number of hydrogen-bond donors (Lipinski definition) is 2. The lowest BCUT2D eigenvalue weighted by Gasteiger charge is -2.15. The largest absolute Gasteiger partial charge is 0.396 e. The second-order valence-electron chi connectivity index (χ2n) is 4.30. The molecule has 1 aromatic rings. The van der Waals surface area contributed by atoms with Gasteiger partial charge in [-0.25, -0.2) is 4.98 Å². The topological polar surface area (TPSA) is 84.4 Å². The van der Waals surface area contributed by atoms with E-state index in [0.29, 0.717) is 25.3 Å². The molecule has 1 rings (SSSR count). The molecule has 6 nitrogen and oxygen atoms in total. The molecular formula is C12H22N4O2. The highest BCUT2D eigenvalue weighted by atomic mass is 16.2. The highest BCUT2D eigenvalue weighted by Gasteiger charge is 2.13. The Morgan fingerprint density at radius 1 is 1.50 bits per heavy atom. The fourth-order valence-corrected chi connectivity index (χ4v) is 1.68. The first-order valence-corrected chi connectivity index (χ1v) is 6.27. The number of aromatic nitrogens is 2. The third-order valence-corrected chi connectivity index (χ3v) is 2.74. The maximum atomic E-state index is 12.0. The van der Waals surface area contributed by atoms with Crippen LogP contribution in [0.1, 0.15) is 29.8 Å². The first-order valence-electron chi connectivity index (χ1n) is 6.27. The van der Waals surface area contributed by atoms with Crippen LogP contribution in [0.3, 0.4) is 0 Å². The second kappa shape index (κ2) is 7.84. The van der Waals surface area contributed by atoms with Crippen LogP contribution in [0.5, 0.6) is 0 Å². The number of carbonyl (C=O) groups excluding carboxylic acids is 1. The lowest BCUT2D eigenvalue weighted by molar-refractivity contribution is 0.0787. The number of aliphatic hydroxyl groups is 1. The number of rotatable bonds is 8.